The van der Waals surface area contributed by atoms with Crippen LogP contribution in [0.2, 0.25) is 0 Å². The third kappa shape index (κ3) is 2.88. The normalized spacial score (nSPS) is 10.6. The predicted octanol–water partition coefficient (Wildman–Crippen LogP) is 0.254. The van der Waals surface area contributed by atoms with E-state index in [0.29, 0.717) is 11.3 Å². The predicted molar refractivity (Wildman–Crippen MR) is 60.3 cm³/mol. The van der Waals surface area contributed by atoms with Crippen molar-refractivity contribution >= 4 is 35.2 Å². The van der Waals surface area contributed by atoms with Gasteiger partial charge in [-0.2, -0.15) is 0 Å². The van der Waals surface area contributed by atoms with Crippen LogP contribution in [0, 0.1) is 0 Å². The van der Waals surface area contributed by atoms with Crippen LogP contribution in [0.5, 0.6) is 0 Å². The largest absolute Gasteiger partial charge is 0.480 e. The van der Waals surface area contributed by atoms with Gasteiger partial charge in [0.15, 0.2) is 11.8 Å². The molecule has 19 heavy (non-hydrogen) atoms. The van der Waals surface area contributed by atoms with E-state index in [1.165, 1.54) is 5.38 Å². The Labute approximate surface area is 109 Å². The molecule has 102 valence electrons. The minimum Gasteiger partial charge on any atom is -0.480 e. The lowest BCUT2D eigenvalue weighted by atomic mass is 9.94. The van der Waals surface area contributed by atoms with Crippen LogP contribution < -0.4 is 0 Å². The Bertz CT molecular complexity index is 471. The Morgan fingerprint density at radius 1 is 0.842 bits per heavy atom. The minimum atomic E-state index is -2.00. The third-order valence-electron chi connectivity index (χ3n) is 2.29. The zero-order chi connectivity index (χ0) is 14.7. The van der Waals surface area contributed by atoms with Crippen LogP contribution in [-0.4, -0.2) is 44.3 Å². The summed E-state index contributed by atoms with van der Waals surface area (Å²) in [6, 6.07) is 1.10. The fourth-order valence-electron chi connectivity index (χ4n) is 1.51. The van der Waals surface area contributed by atoms with E-state index in [2.05, 4.69) is 0 Å². The molecule has 0 aliphatic heterocycles. The Balaban J connectivity index is 3.37. The maximum atomic E-state index is 10.9. The average Bonchev–Trinajstić information content (AvgIpc) is 2.64. The number of hydrogen-bond donors (Lipinski definition) is 4. The zero-order valence-corrected chi connectivity index (χ0v) is 9.96. The van der Waals surface area contributed by atoms with Crippen molar-refractivity contribution in [2.75, 3.05) is 0 Å². The molecule has 0 unspecified atom stereocenters. The molecular weight excluding hydrogens is 280 g/mol. The minimum absolute atomic E-state index is 0.310. The molecule has 0 spiro atoms. The fraction of sp³-hybridized carbons (Fsp3) is 0.200. The topological polar surface area (TPSA) is 149 Å². The van der Waals surface area contributed by atoms with Crippen LogP contribution in [0.15, 0.2) is 11.4 Å². The summed E-state index contributed by atoms with van der Waals surface area (Å²) in [7, 11) is 0. The summed E-state index contributed by atoms with van der Waals surface area (Å²) in [5, 5.41) is 36.6. The smallest absolute Gasteiger partial charge is 0.323 e. The van der Waals surface area contributed by atoms with Gasteiger partial charge in [-0.05, 0) is 17.0 Å². The molecule has 4 N–H and O–H groups in total. The van der Waals surface area contributed by atoms with Crippen molar-refractivity contribution in [2.24, 2.45) is 0 Å². The molecule has 0 fully saturated rings. The van der Waals surface area contributed by atoms with Gasteiger partial charge in [-0.15, -0.1) is 11.3 Å². The molecule has 0 aliphatic rings. The number of carboxylic acids is 4. The second-order valence-electron chi connectivity index (χ2n) is 3.46. The van der Waals surface area contributed by atoms with Crippen LogP contribution in [0.4, 0.5) is 0 Å². The summed E-state index contributed by atoms with van der Waals surface area (Å²) in [5.74, 6) is -10.8. The number of carboxylic acid groups (broad SMARTS) is 4. The van der Waals surface area contributed by atoms with Gasteiger partial charge in [-0.25, -0.2) is 0 Å². The number of rotatable bonds is 6. The lowest BCUT2D eigenvalue weighted by Gasteiger charge is -2.11. The van der Waals surface area contributed by atoms with Gasteiger partial charge >= 0.3 is 23.9 Å². The van der Waals surface area contributed by atoms with E-state index < -0.39 is 35.7 Å². The van der Waals surface area contributed by atoms with Gasteiger partial charge in [-0.3, -0.25) is 19.2 Å². The second-order valence-corrected chi connectivity index (χ2v) is 4.41. The molecule has 0 atom stereocenters. The molecule has 9 heteroatoms. The van der Waals surface area contributed by atoms with Gasteiger partial charge in [0.25, 0.3) is 0 Å². The highest BCUT2D eigenvalue weighted by atomic mass is 32.1. The van der Waals surface area contributed by atoms with Crippen molar-refractivity contribution in [1.82, 2.24) is 0 Å². The van der Waals surface area contributed by atoms with Crippen molar-refractivity contribution in [2.45, 2.75) is 11.8 Å². The first-order valence-electron chi connectivity index (χ1n) is 4.75. The summed E-state index contributed by atoms with van der Waals surface area (Å²) in [5.41, 5.74) is -0.334. The van der Waals surface area contributed by atoms with Crippen molar-refractivity contribution in [3.63, 3.8) is 0 Å². The number of thiophene rings is 1. The molecule has 8 nitrogen and oxygen atoms in total. The van der Waals surface area contributed by atoms with E-state index in [-0.39, 0.29) is 10.4 Å². The Morgan fingerprint density at radius 2 is 1.26 bits per heavy atom. The van der Waals surface area contributed by atoms with Crippen molar-refractivity contribution in [3.05, 3.63) is 21.9 Å². The highest BCUT2D eigenvalue weighted by Gasteiger charge is 2.37. The molecule has 0 bridgehead atoms. The second kappa shape index (κ2) is 5.48. The SMILES string of the molecule is O=C(O)C(C(=O)O)c1ccsc1C(C(=O)O)C(=O)O. The first-order valence-corrected chi connectivity index (χ1v) is 5.63. The summed E-state index contributed by atoms with van der Waals surface area (Å²) >= 11 is 0.689. The molecule has 1 aromatic heterocycles. The van der Waals surface area contributed by atoms with E-state index in [4.69, 9.17) is 20.4 Å². The number of carbonyl (C=O) groups is 4. The maximum absolute atomic E-state index is 10.9. The van der Waals surface area contributed by atoms with Crippen LogP contribution in [0.3, 0.4) is 0 Å². The van der Waals surface area contributed by atoms with Gasteiger partial charge in [-0.1, -0.05) is 0 Å². The molecule has 1 aromatic rings. The average molecular weight is 288 g/mol. The summed E-state index contributed by atoms with van der Waals surface area (Å²) in [4.78, 5) is 43.2. The van der Waals surface area contributed by atoms with Gasteiger partial charge in [0, 0.05) is 4.88 Å². The molecule has 0 amide bonds. The lowest BCUT2D eigenvalue weighted by molar-refractivity contribution is -0.153. The van der Waals surface area contributed by atoms with E-state index >= 15 is 0 Å². The van der Waals surface area contributed by atoms with Gasteiger partial charge < -0.3 is 20.4 Å². The van der Waals surface area contributed by atoms with E-state index in [1.807, 2.05) is 0 Å². The van der Waals surface area contributed by atoms with Gasteiger partial charge in [0.1, 0.15) is 0 Å². The van der Waals surface area contributed by atoms with Crippen LogP contribution in [0.1, 0.15) is 22.3 Å². The summed E-state index contributed by atoms with van der Waals surface area (Å²) in [6.07, 6.45) is 0. The maximum Gasteiger partial charge on any atom is 0.323 e. The van der Waals surface area contributed by atoms with Gasteiger partial charge in [0.05, 0.1) is 0 Å². The van der Waals surface area contributed by atoms with Crippen LogP contribution in [-0.2, 0) is 19.2 Å². The van der Waals surface area contributed by atoms with Crippen molar-refractivity contribution < 1.29 is 39.6 Å². The first kappa shape index (κ1) is 14.6. The Hall–Kier alpha value is -2.42. The third-order valence-corrected chi connectivity index (χ3v) is 3.29. The number of hydrogen-bond acceptors (Lipinski definition) is 5. The molecule has 0 saturated heterocycles. The highest BCUT2D eigenvalue weighted by Crippen LogP contribution is 2.32. The van der Waals surface area contributed by atoms with E-state index in [9.17, 15) is 19.2 Å². The monoisotopic (exact) mass is 288 g/mol. The molecule has 1 rings (SSSR count). The highest BCUT2D eigenvalue weighted by molar-refractivity contribution is 7.10. The summed E-state index contributed by atoms with van der Waals surface area (Å²) in [6.45, 7) is 0. The molecule has 0 radical (unpaired) electrons. The van der Waals surface area contributed by atoms with Crippen molar-refractivity contribution in [3.8, 4) is 0 Å². The Morgan fingerprint density at radius 3 is 1.63 bits per heavy atom. The zero-order valence-electron chi connectivity index (χ0n) is 9.14. The number of aliphatic carboxylic acids is 4. The molecule has 0 saturated carbocycles. The van der Waals surface area contributed by atoms with Gasteiger partial charge in [0.2, 0.25) is 0 Å². The fourth-order valence-corrected chi connectivity index (χ4v) is 2.53. The Kier molecular flexibility index (Phi) is 4.22. The molecule has 0 aliphatic carbocycles. The molecular formula is C10H8O8S. The first-order chi connectivity index (χ1) is 8.77. The molecule has 1 heterocycles. The van der Waals surface area contributed by atoms with Crippen LogP contribution >= 0.6 is 11.3 Å². The lowest BCUT2D eigenvalue weighted by Crippen LogP contribution is -2.26. The molecule has 0 aromatic carbocycles. The van der Waals surface area contributed by atoms with E-state index in [0.717, 1.165) is 6.07 Å². The standard InChI is InChI=1S/C10H8O8S/c11-7(12)4(8(13)14)3-1-2-19-6(3)5(9(15)16)10(17)18/h1-2,4-5H,(H,11,12)(H,13,14)(H,15,16)(H,17,18). The van der Waals surface area contributed by atoms with Crippen LogP contribution in [0.25, 0.3) is 0 Å². The quantitative estimate of drug-likeness (QED) is 0.544. The van der Waals surface area contributed by atoms with Crippen molar-refractivity contribution in [1.29, 1.82) is 0 Å². The summed E-state index contributed by atoms with van der Waals surface area (Å²) < 4.78 is 0. The van der Waals surface area contributed by atoms with E-state index in [1.54, 1.807) is 0 Å².